The molecule has 5 heteroatoms. The molecule has 0 radical (unpaired) electrons. The maximum Gasteiger partial charge on any atom is 0.134 e. The number of rotatable bonds is 4. The van der Waals surface area contributed by atoms with Crippen LogP contribution in [0, 0.1) is 5.92 Å². The van der Waals surface area contributed by atoms with E-state index in [1.54, 1.807) is 6.33 Å². The Morgan fingerprint density at radius 3 is 2.68 bits per heavy atom. The zero-order valence-electron chi connectivity index (χ0n) is 14.8. The Hall–Kier alpha value is -2.14. The predicted molar refractivity (Wildman–Crippen MR) is 100 cm³/mol. The number of likely N-dealkylation sites (N-methyl/N-ethyl adjacent to an activating group) is 1. The molecule has 1 aliphatic heterocycles. The minimum absolute atomic E-state index is 0.259. The molecule has 0 spiro atoms. The zero-order chi connectivity index (χ0) is 17.2. The highest BCUT2D eigenvalue weighted by Gasteiger charge is 2.26. The van der Waals surface area contributed by atoms with Crippen molar-refractivity contribution in [3.8, 4) is 0 Å². The Morgan fingerprint density at radius 2 is 1.96 bits per heavy atom. The van der Waals surface area contributed by atoms with Crippen molar-refractivity contribution in [1.82, 2.24) is 9.97 Å². The van der Waals surface area contributed by atoms with Crippen LogP contribution in [0.3, 0.4) is 0 Å². The summed E-state index contributed by atoms with van der Waals surface area (Å²) in [6.45, 7) is 2.14. The highest BCUT2D eigenvalue weighted by molar-refractivity contribution is 5.52. The summed E-state index contributed by atoms with van der Waals surface area (Å²) in [6, 6.07) is 11.3. The first-order valence-electron chi connectivity index (χ1n) is 9.22. The number of aliphatic hydroxyl groups is 1. The lowest BCUT2D eigenvalue weighted by molar-refractivity contribution is 0.208. The molecule has 1 N–H and O–H groups in total. The third kappa shape index (κ3) is 3.33. The minimum Gasteiger partial charge on any atom is -0.396 e. The van der Waals surface area contributed by atoms with Crippen LogP contribution in [-0.4, -0.2) is 47.9 Å². The summed E-state index contributed by atoms with van der Waals surface area (Å²) in [5.74, 6) is 2.31. The van der Waals surface area contributed by atoms with Crippen LogP contribution in [0.2, 0.25) is 0 Å². The van der Waals surface area contributed by atoms with Crippen LogP contribution in [-0.2, 0) is 12.8 Å². The molecular formula is C20H26N4O. The number of benzene rings is 1. The van der Waals surface area contributed by atoms with Crippen LogP contribution in [0.5, 0.6) is 0 Å². The maximum atomic E-state index is 9.46. The van der Waals surface area contributed by atoms with E-state index in [4.69, 9.17) is 0 Å². The van der Waals surface area contributed by atoms with E-state index in [0.29, 0.717) is 12.0 Å². The number of aromatic nitrogens is 2. The van der Waals surface area contributed by atoms with Crippen LogP contribution in [0.1, 0.15) is 24.0 Å². The second-order valence-electron chi connectivity index (χ2n) is 7.31. The van der Waals surface area contributed by atoms with Crippen molar-refractivity contribution in [2.75, 3.05) is 36.5 Å². The van der Waals surface area contributed by atoms with E-state index in [1.807, 2.05) is 0 Å². The van der Waals surface area contributed by atoms with Crippen molar-refractivity contribution >= 4 is 11.6 Å². The molecule has 4 rings (SSSR count). The van der Waals surface area contributed by atoms with Crippen LogP contribution in [0.4, 0.5) is 11.6 Å². The zero-order valence-corrected chi connectivity index (χ0v) is 14.8. The Kier molecular flexibility index (Phi) is 4.57. The number of nitrogens with zero attached hydrogens (tertiary/aromatic N) is 4. The molecule has 5 nitrogen and oxygen atoms in total. The van der Waals surface area contributed by atoms with Crippen molar-refractivity contribution < 1.29 is 5.11 Å². The summed E-state index contributed by atoms with van der Waals surface area (Å²) in [5, 5.41) is 9.46. The van der Waals surface area contributed by atoms with E-state index in [9.17, 15) is 5.11 Å². The largest absolute Gasteiger partial charge is 0.396 e. The fourth-order valence-electron chi connectivity index (χ4n) is 4.12. The Labute approximate surface area is 149 Å². The molecule has 0 amide bonds. The first kappa shape index (κ1) is 16.3. The van der Waals surface area contributed by atoms with E-state index in [0.717, 1.165) is 50.4 Å². The molecule has 0 saturated carbocycles. The average Bonchev–Trinajstić information content (AvgIpc) is 3.12. The summed E-state index contributed by atoms with van der Waals surface area (Å²) in [4.78, 5) is 13.6. The number of fused-ring (bicyclic) bond motifs is 1. The van der Waals surface area contributed by atoms with E-state index < -0.39 is 0 Å². The Morgan fingerprint density at radius 1 is 1.20 bits per heavy atom. The van der Waals surface area contributed by atoms with Crippen molar-refractivity contribution in [2.24, 2.45) is 5.92 Å². The van der Waals surface area contributed by atoms with Gasteiger partial charge in [0.05, 0.1) is 0 Å². The second kappa shape index (κ2) is 7.00. The summed E-state index contributed by atoms with van der Waals surface area (Å²) in [6.07, 6.45) is 6.03. The molecule has 1 aromatic carbocycles. The van der Waals surface area contributed by atoms with Gasteiger partial charge in [-0.05, 0) is 42.7 Å². The molecule has 1 unspecified atom stereocenters. The number of anilines is 2. The van der Waals surface area contributed by atoms with Gasteiger partial charge in [0.1, 0.15) is 18.0 Å². The van der Waals surface area contributed by atoms with Gasteiger partial charge < -0.3 is 14.9 Å². The highest BCUT2D eigenvalue weighted by Crippen LogP contribution is 2.29. The fraction of sp³-hybridized carbons (Fsp3) is 0.500. The van der Waals surface area contributed by atoms with Crippen molar-refractivity contribution in [3.63, 3.8) is 0 Å². The molecule has 2 aromatic rings. The van der Waals surface area contributed by atoms with Crippen LogP contribution in [0.15, 0.2) is 36.7 Å². The third-order valence-electron chi connectivity index (χ3n) is 5.68. The van der Waals surface area contributed by atoms with Gasteiger partial charge >= 0.3 is 0 Å². The number of piperidine rings is 1. The van der Waals surface area contributed by atoms with Gasteiger partial charge in [-0.1, -0.05) is 24.3 Å². The van der Waals surface area contributed by atoms with E-state index in [-0.39, 0.29) is 6.61 Å². The maximum absolute atomic E-state index is 9.46. The van der Waals surface area contributed by atoms with Crippen molar-refractivity contribution in [1.29, 1.82) is 0 Å². The smallest absolute Gasteiger partial charge is 0.134 e. The topological polar surface area (TPSA) is 52.5 Å². The number of aliphatic hydroxyl groups excluding tert-OH is 1. The average molecular weight is 338 g/mol. The lowest BCUT2D eigenvalue weighted by Gasteiger charge is -2.33. The molecule has 1 atom stereocenters. The normalized spacial score (nSPS) is 20.6. The van der Waals surface area contributed by atoms with Gasteiger partial charge in [-0.2, -0.15) is 0 Å². The molecule has 1 fully saturated rings. The van der Waals surface area contributed by atoms with Gasteiger partial charge in [-0.15, -0.1) is 0 Å². The number of hydrogen-bond donors (Lipinski definition) is 1. The molecular weight excluding hydrogens is 312 g/mol. The fourth-order valence-corrected chi connectivity index (χ4v) is 4.12. The molecule has 2 aliphatic rings. The summed E-state index contributed by atoms with van der Waals surface area (Å²) in [7, 11) is 2.13. The quantitative estimate of drug-likeness (QED) is 0.927. The second-order valence-corrected chi connectivity index (χ2v) is 7.31. The molecule has 1 saturated heterocycles. The van der Waals surface area contributed by atoms with Crippen LogP contribution in [0.25, 0.3) is 0 Å². The minimum atomic E-state index is 0.259. The molecule has 1 aliphatic carbocycles. The van der Waals surface area contributed by atoms with Gasteiger partial charge in [-0.25, -0.2) is 9.97 Å². The van der Waals surface area contributed by atoms with E-state index >= 15 is 0 Å². The SMILES string of the molecule is CN(c1cc(N2CCCC(CO)C2)ncn1)C1Cc2ccccc2C1. The lowest BCUT2D eigenvalue weighted by atomic mass is 9.99. The van der Waals surface area contributed by atoms with Gasteiger partial charge in [0.2, 0.25) is 0 Å². The summed E-state index contributed by atoms with van der Waals surface area (Å²) < 4.78 is 0. The summed E-state index contributed by atoms with van der Waals surface area (Å²) in [5.41, 5.74) is 2.91. The van der Waals surface area contributed by atoms with Gasteiger partial charge in [0.15, 0.2) is 0 Å². The molecule has 0 bridgehead atoms. The Balaban J connectivity index is 1.50. The van der Waals surface area contributed by atoms with Gasteiger partial charge in [-0.3, -0.25) is 0 Å². The van der Waals surface area contributed by atoms with Gasteiger partial charge in [0, 0.05) is 38.9 Å². The summed E-state index contributed by atoms with van der Waals surface area (Å²) >= 11 is 0. The van der Waals surface area contributed by atoms with Crippen LogP contribution < -0.4 is 9.80 Å². The highest BCUT2D eigenvalue weighted by atomic mass is 16.3. The molecule has 2 heterocycles. The molecule has 1 aromatic heterocycles. The van der Waals surface area contributed by atoms with Crippen molar-refractivity contribution in [3.05, 3.63) is 47.8 Å². The third-order valence-corrected chi connectivity index (χ3v) is 5.68. The standard InChI is InChI=1S/C20H26N4O/c1-23(18-9-16-6-2-3-7-17(16)10-18)19-11-20(22-14-21-19)24-8-4-5-15(12-24)13-25/h2-3,6-7,11,14-15,18,25H,4-5,8-10,12-13H2,1H3. The monoisotopic (exact) mass is 338 g/mol. The van der Waals surface area contributed by atoms with E-state index in [1.165, 1.54) is 11.1 Å². The predicted octanol–water partition coefficient (Wildman–Crippen LogP) is 2.29. The Bertz CT molecular complexity index is 710. The molecule has 132 valence electrons. The first-order valence-corrected chi connectivity index (χ1v) is 9.22. The van der Waals surface area contributed by atoms with Gasteiger partial charge in [0.25, 0.3) is 0 Å². The van der Waals surface area contributed by atoms with Crippen LogP contribution >= 0.6 is 0 Å². The van der Waals surface area contributed by atoms with Crippen molar-refractivity contribution in [2.45, 2.75) is 31.7 Å². The lowest BCUT2D eigenvalue weighted by Crippen LogP contribution is -2.38. The number of hydrogen-bond acceptors (Lipinski definition) is 5. The first-order chi connectivity index (χ1) is 12.2. The van der Waals surface area contributed by atoms with E-state index in [2.05, 4.69) is 57.1 Å². The molecule has 25 heavy (non-hydrogen) atoms.